The minimum absolute atomic E-state index is 0.0700. The number of hydrogen-bond donors (Lipinski definition) is 2. The third-order valence-corrected chi connectivity index (χ3v) is 5.20. The van der Waals surface area contributed by atoms with Gasteiger partial charge in [0.15, 0.2) is 11.5 Å². The summed E-state index contributed by atoms with van der Waals surface area (Å²) in [6.07, 6.45) is 1.48. The summed E-state index contributed by atoms with van der Waals surface area (Å²) >= 11 is 5.29. The van der Waals surface area contributed by atoms with E-state index in [1.165, 1.54) is 20.3 Å². The van der Waals surface area contributed by atoms with E-state index in [-0.39, 0.29) is 17.2 Å². The maximum atomic E-state index is 12.6. The van der Waals surface area contributed by atoms with Crippen molar-refractivity contribution in [3.05, 3.63) is 58.7 Å². The van der Waals surface area contributed by atoms with Gasteiger partial charge in [0.25, 0.3) is 0 Å². The van der Waals surface area contributed by atoms with Crippen LogP contribution in [-0.4, -0.2) is 64.0 Å². The van der Waals surface area contributed by atoms with E-state index in [4.69, 9.17) is 31.2 Å². The molecule has 9 heteroatoms. The highest BCUT2D eigenvalue weighted by Gasteiger charge is 2.35. The summed E-state index contributed by atoms with van der Waals surface area (Å²) < 4.78 is 20.8. The predicted octanol–water partition coefficient (Wildman–Crippen LogP) is 1.47. The predicted molar refractivity (Wildman–Crippen MR) is 126 cm³/mol. The lowest BCUT2D eigenvalue weighted by Crippen LogP contribution is -2.87. The molecule has 2 aliphatic heterocycles. The monoisotopic (exact) mass is 459 g/mol. The number of nitrogens with one attached hydrogen (secondary N) is 1. The van der Waals surface area contributed by atoms with Crippen molar-refractivity contribution >= 4 is 29.0 Å². The van der Waals surface area contributed by atoms with Gasteiger partial charge in [0.1, 0.15) is 11.6 Å². The molecular weight excluding hydrogens is 430 g/mol. The fourth-order valence-electron chi connectivity index (χ4n) is 3.34. The Labute approximate surface area is 193 Å². The van der Waals surface area contributed by atoms with Crippen molar-refractivity contribution in [1.29, 1.82) is 0 Å². The lowest BCUT2D eigenvalue weighted by atomic mass is 9.81. The minimum Gasteiger partial charge on any atom is -0.763 e. The highest BCUT2D eigenvalue weighted by atomic mass is 32.1. The number of nitrogens with two attached hydrogens (primary N) is 1. The van der Waals surface area contributed by atoms with Crippen LogP contribution in [0.3, 0.4) is 0 Å². The zero-order valence-electron chi connectivity index (χ0n) is 18.6. The SMILES string of the molecule is C1COCC[NH2+]1.C=CCOC(=O)C1=C(C)NC(=S)C(=C=[N-])C1c1ccc(OC)c(OC)c1. The molecule has 1 aromatic carbocycles. The molecule has 0 aromatic heterocycles. The summed E-state index contributed by atoms with van der Waals surface area (Å²) in [6.45, 7) is 9.53. The van der Waals surface area contributed by atoms with Gasteiger partial charge in [-0.25, -0.2) is 4.79 Å². The van der Waals surface area contributed by atoms with E-state index in [1.807, 2.05) is 0 Å². The number of esters is 1. The fraction of sp³-hybridized carbons (Fsp3) is 0.391. The zero-order chi connectivity index (χ0) is 23.5. The number of ether oxygens (including phenoxy) is 4. The number of nitrogens with zero attached hydrogens (tertiary/aromatic N) is 1. The minimum atomic E-state index is -0.661. The fourth-order valence-corrected chi connectivity index (χ4v) is 3.66. The van der Waals surface area contributed by atoms with Gasteiger partial charge in [-0.2, -0.15) is 0 Å². The van der Waals surface area contributed by atoms with Crippen LogP contribution in [0.25, 0.3) is 5.41 Å². The number of rotatable bonds is 6. The summed E-state index contributed by atoms with van der Waals surface area (Å²) in [6, 6.07) is 5.21. The van der Waals surface area contributed by atoms with Crippen LogP contribution in [0.15, 0.2) is 47.7 Å². The number of methoxy groups -OCH3 is 2. The first kappa shape index (κ1) is 25.3. The molecule has 8 nitrogen and oxygen atoms in total. The van der Waals surface area contributed by atoms with E-state index in [1.54, 1.807) is 25.1 Å². The maximum Gasteiger partial charge on any atom is 0.337 e. The van der Waals surface area contributed by atoms with Crippen molar-refractivity contribution in [1.82, 2.24) is 5.32 Å². The number of allylic oxidation sites excluding steroid dienone is 1. The number of hydrogen-bond acceptors (Lipinski definition) is 6. The largest absolute Gasteiger partial charge is 0.763 e. The summed E-state index contributed by atoms with van der Waals surface area (Å²) in [5.41, 5.74) is 1.81. The van der Waals surface area contributed by atoms with Crippen LogP contribution in [-0.2, 0) is 14.3 Å². The van der Waals surface area contributed by atoms with Crippen molar-refractivity contribution in [3.63, 3.8) is 0 Å². The standard InChI is InChI=1S/C19H19N2O4S.C4H9NO/c1-5-8-25-19(22)16-11(2)21-18(26)13(10-20)17(16)12-6-7-14(23-3)15(9-12)24-4;1-3-6-4-2-5-1/h5-7,9,17H,1,8H2,2-4H3,(H,21,26);5H,1-4H2/q-1;/p+1. The Morgan fingerprint density at radius 2 is 2.03 bits per heavy atom. The molecule has 3 N–H and O–H groups in total. The van der Waals surface area contributed by atoms with Gasteiger partial charge in [0.2, 0.25) is 0 Å². The molecular formula is C23H29N3O5S. The summed E-state index contributed by atoms with van der Waals surface area (Å²) in [4.78, 5) is 12.9. The average molecular weight is 460 g/mol. The van der Waals surface area contributed by atoms with Crippen LogP contribution < -0.4 is 20.1 Å². The number of benzene rings is 1. The molecule has 172 valence electrons. The molecule has 1 atom stereocenters. The first-order valence-electron chi connectivity index (χ1n) is 10.2. The highest BCUT2D eigenvalue weighted by molar-refractivity contribution is 7.80. The molecule has 32 heavy (non-hydrogen) atoms. The number of morpholine rings is 1. The first-order chi connectivity index (χ1) is 15.5. The highest BCUT2D eigenvalue weighted by Crippen LogP contribution is 2.40. The van der Waals surface area contributed by atoms with Gasteiger partial charge in [-0.15, -0.1) is 0 Å². The normalized spacial score (nSPS) is 17.9. The van der Waals surface area contributed by atoms with E-state index < -0.39 is 11.9 Å². The molecule has 2 heterocycles. The molecule has 1 aromatic rings. The number of thiocarbonyl (C=S) groups is 1. The van der Waals surface area contributed by atoms with E-state index in [2.05, 4.69) is 23.1 Å². The Morgan fingerprint density at radius 1 is 1.34 bits per heavy atom. The summed E-state index contributed by atoms with van der Waals surface area (Å²) in [5.74, 6) is 1.94. The van der Waals surface area contributed by atoms with E-state index in [0.29, 0.717) is 28.3 Å². The van der Waals surface area contributed by atoms with E-state index in [0.717, 1.165) is 26.3 Å². The third kappa shape index (κ3) is 6.27. The molecule has 0 amide bonds. The Bertz CT molecular complexity index is 922. The van der Waals surface area contributed by atoms with Crippen molar-refractivity contribution in [2.45, 2.75) is 12.8 Å². The lowest BCUT2D eigenvalue weighted by molar-refractivity contribution is -0.670. The first-order valence-corrected chi connectivity index (χ1v) is 10.6. The summed E-state index contributed by atoms with van der Waals surface area (Å²) in [5, 5.41) is 14.8. The molecule has 2 aliphatic rings. The van der Waals surface area contributed by atoms with Crippen molar-refractivity contribution in [2.24, 2.45) is 0 Å². The second kappa shape index (κ2) is 12.8. The summed E-state index contributed by atoms with van der Waals surface area (Å²) in [7, 11) is 3.05. The van der Waals surface area contributed by atoms with Crippen LogP contribution >= 0.6 is 12.2 Å². The molecule has 1 saturated heterocycles. The molecule has 0 bridgehead atoms. The molecule has 1 unspecified atom stereocenters. The zero-order valence-corrected chi connectivity index (χ0v) is 19.4. The van der Waals surface area contributed by atoms with E-state index in [9.17, 15) is 10.2 Å². The average Bonchev–Trinajstić information content (AvgIpc) is 2.83. The van der Waals surface area contributed by atoms with Gasteiger partial charge in [-0.3, -0.25) is 5.87 Å². The van der Waals surface area contributed by atoms with Crippen molar-refractivity contribution in [2.75, 3.05) is 47.1 Å². The Morgan fingerprint density at radius 3 is 2.53 bits per heavy atom. The van der Waals surface area contributed by atoms with E-state index >= 15 is 0 Å². The van der Waals surface area contributed by atoms with Gasteiger partial charge >= 0.3 is 5.97 Å². The topological polar surface area (TPSA) is 105 Å². The smallest absolute Gasteiger partial charge is 0.337 e. The molecule has 0 radical (unpaired) electrons. The molecule has 3 rings (SSSR count). The van der Waals surface area contributed by atoms with Crippen molar-refractivity contribution in [3.8, 4) is 11.5 Å². The number of quaternary nitrogens is 1. The lowest BCUT2D eigenvalue weighted by Gasteiger charge is -2.30. The number of carbonyl (C=O) groups is 1. The van der Waals surface area contributed by atoms with Crippen molar-refractivity contribution < 1.29 is 29.1 Å². The Balaban J connectivity index is 0.000000520. The second-order valence-electron chi connectivity index (χ2n) is 6.93. The van der Waals surface area contributed by atoms with Crippen LogP contribution in [0.2, 0.25) is 0 Å². The van der Waals surface area contributed by atoms with Crippen LogP contribution in [0, 0.1) is 0 Å². The van der Waals surface area contributed by atoms with Crippen LogP contribution in [0.1, 0.15) is 18.4 Å². The Kier molecular flexibility index (Phi) is 10.1. The van der Waals surface area contributed by atoms with Gasteiger partial charge in [0.05, 0.1) is 52.0 Å². The van der Waals surface area contributed by atoms with Crippen LogP contribution in [0.4, 0.5) is 0 Å². The third-order valence-electron chi connectivity index (χ3n) is 4.87. The van der Waals surface area contributed by atoms with Gasteiger partial charge in [-0.1, -0.05) is 30.9 Å². The second-order valence-corrected chi connectivity index (χ2v) is 7.34. The Hall–Kier alpha value is -2.97. The quantitative estimate of drug-likeness (QED) is 0.218. The molecule has 1 fully saturated rings. The number of carbonyl (C=O) groups excluding carboxylic acids is 1. The van der Waals surface area contributed by atoms with Gasteiger partial charge in [0, 0.05) is 11.3 Å². The molecule has 0 spiro atoms. The van der Waals surface area contributed by atoms with Gasteiger partial charge < -0.3 is 35.0 Å². The molecule has 0 aliphatic carbocycles. The maximum absolute atomic E-state index is 12.6. The van der Waals surface area contributed by atoms with Gasteiger partial charge in [-0.05, 0) is 24.6 Å². The van der Waals surface area contributed by atoms with Crippen LogP contribution in [0.5, 0.6) is 11.5 Å². The molecule has 0 saturated carbocycles.